The van der Waals surface area contributed by atoms with E-state index in [1.54, 1.807) is 0 Å². The monoisotopic (exact) mass is 284 g/mol. The molecule has 6 heteroatoms. The molecule has 0 saturated heterocycles. The van der Waals surface area contributed by atoms with Crippen LogP contribution in [0.25, 0.3) is 0 Å². The maximum atomic E-state index is 11.7. The third kappa shape index (κ3) is 2.99. The molecule has 114 valence electrons. The quantitative estimate of drug-likeness (QED) is 0.763. The summed E-state index contributed by atoms with van der Waals surface area (Å²) < 4.78 is 9.46. The Hall–Kier alpha value is -1.46. The van der Waals surface area contributed by atoms with E-state index in [-0.39, 0.29) is 5.92 Å². The van der Waals surface area contributed by atoms with Gasteiger partial charge in [0.1, 0.15) is 5.66 Å². The average molecular weight is 284 g/mol. The lowest BCUT2D eigenvalue weighted by Gasteiger charge is -2.50. The molecule has 2 saturated carbocycles. The third-order valence-electron chi connectivity index (χ3n) is 4.71. The van der Waals surface area contributed by atoms with Gasteiger partial charge in [0.25, 0.3) is 0 Å². The van der Waals surface area contributed by atoms with Crippen molar-refractivity contribution < 1.29 is 19.1 Å². The molecule has 2 atom stereocenters. The Labute approximate surface area is 119 Å². The SMILES string of the molecule is COC(=O)NC1(NC(=O)OC)CCCC2CCCCC21. The molecular weight excluding hydrogens is 260 g/mol. The first kappa shape index (κ1) is 14.9. The number of alkyl carbamates (subject to hydrolysis) is 2. The van der Waals surface area contributed by atoms with Crippen LogP contribution in [0, 0.1) is 11.8 Å². The molecule has 2 rings (SSSR count). The fraction of sp³-hybridized carbons (Fsp3) is 0.857. The summed E-state index contributed by atoms with van der Waals surface area (Å²) in [6.45, 7) is 0. The summed E-state index contributed by atoms with van der Waals surface area (Å²) in [5.74, 6) is 0.801. The van der Waals surface area contributed by atoms with Crippen molar-refractivity contribution in [3.63, 3.8) is 0 Å². The molecule has 0 radical (unpaired) electrons. The first-order valence-corrected chi connectivity index (χ1v) is 7.33. The lowest BCUT2D eigenvalue weighted by molar-refractivity contribution is 0.0236. The Morgan fingerprint density at radius 2 is 1.50 bits per heavy atom. The van der Waals surface area contributed by atoms with Crippen molar-refractivity contribution in [1.29, 1.82) is 0 Å². The number of hydrogen-bond donors (Lipinski definition) is 2. The van der Waals surface area contributed by atoms with Crippen molar-refractivity contribution in [2.75, 3.05) is 14.2 Å². The molecule has 2 fully saturated rings. The van der Waals surface area contributed by atoms with Gasteiger partial charge >= 0.3 is 12.2 Å². The molecule has 0 aromatic carbocycles. The average Bonchev–Trinajstić information content (AvgIpc) is 2.47. The molecule has 2 aliphatic rings. The van der Waals surface area contributed by atoms with E-state index < -0.39 is 17.8 Å². The summed E-state index contributed by atoms with van der Waals surface area (Å²) in [7, 11) is 2.67. The molecule has 0 aromatic heterocycles. The fourth-order valence-corrected chi connectivity index (χ4v) is 3.84. The largest absolute Gasteiger partial charge is 0.453 e. The minimum atomic E-state index is -0.733. The highest BCUT2D eigenvalue weighted by atomic mass is 16.5. The second kappa shape index (κ2) is 6.33. The van der Waals surface area contributed by atoms with Crippen LogP contribution in [0.4, 0.5) is 9.59 Å². The molecule has 0 aromatic rings. The van der Waals surface area contributed by atoms with Gasteiger partial charge in [-0.15, -0.1) is 0 Å². The molecule has 20 heavy (non-hydrogen) atoms. The predicted molar refractivity (Wildman–Crippen MR) is 73.1 cm³/mol. The number of hydrogen-bond acceptors (Lipinski definition) is 4. The molecule has 2 amide bonds. The Bertz CT molecular complexity index is 352. The van der Waals surface area contributed by atoms with Crippen molar-refractivity contribution in [2.24, 2.45) is 11.8 Å². The van der Waals surface area contributed by atoms with Crippen LogP contribution < -0.4 is 10.6 Å². The van der Waals surface area contributed by atoms with E-state index in [4.69, 9.17) is 9.47 Å². The van der Waals surface area contributed by atoms with Gasteiger partial charge in [0, 0.05) is 5.92 Å². The fourth-order valence-electron chi connectivity index (χ4n) is 3.84. The second-order valence-electron chi connectivity index (χ2n) is 5.75. The Morgan fingerprint density at radius 1 is 0.950 bits per heavy atom. The van der Waals surface area contributed by atoms with Gasteiger partial charge in [-0.3, -0.25) is 10.6 Å². The highest BCUT2D eigenvalue weighted by Crippen LogP contribution is 2.45. The van der Waals surface area contributed by atoms with E-state index in [9.17, 15) is 9.59 Å². The highest BCUT2D eigenvalue weighted by Gasteiger charge is 2.48. The van der Waals surface area contributed by atoms with Gasteiger partial charge < -0.3 is 9.47 Å². The van der Waals surface area contributed by atoms with Crippen LogP contribution in [0.2, 0.25) is 0 Å². The lowest BCUT2D eigenvalue weighted by atomic mass is 9.65. The maximum Gasteiger partial charge on any atom is 0.408 e. The zero-order valence-electron chi connectivity index (χ0n) is 12.2. The van der Waals surface area contributed by atoms with Gasteiger partial charge in [0.05, 0.1) is 14.2 Å². The summed E-state index contributed by atoms with van der Waals surface area (Å²) >= 11 is 0. The number of amides is 2. The molecule has 2 N–H and O–H groups in total. The van der Waals surface area contributed by atoms with Gasteiger partial charge in [0.2, 0.25) is 0 Å². The van der Waals surface area contributed by atoms with E-state index in [0.717, 1.165) is 38.5 Å². The summed E-state index contributed by atoms with van der Waals surface area (Å²) in [5, 5.41) is 5.75. The molecule has 6 nitrogen and oxygen atoms in total. The van der Waals surface area contributed by atoms with Crippen molar-refractivity contribution >= 4 is 12.2 Å². The number of rotatable bonds is 2. The maximum absolute atomic E-state index is 11.7. The minimum absolute atomic E-state index is 0.253. The Kier molecular flexibility index (Phi) is 4.73. The Morgan fingerprint density at radius 3 is 2.10 bits per heavy atom. The van der Waals surface area contributed by atoms with Crippen molar-refractivity contribution in [3.8, 4) is 0 Å². The molecule has 0 heterocycles. The van der Waals surface area contributed by atoms with Gasteiger partial charge in [-0.05, 0) is 31.6 Å². The number of fused-ring (bicyclic) bond motifs is 1. The topological polar surface area (TPSA) is 76.7 Å². The summed E-state index contributed by atoms with van der Waals surface area (Å²) in [5.41, 5.74) is -0.733. The second-order valence-corrected chi connectivity index (χ2v) is 5.75. The van der Waals surface area contributed by atoms with Crippen LogP contribution in [0.15, 0.2) is 0 Å². The van der Waals surface area contributed by atoms with Crippen LogP contribution in [0.3, 0.4) is 0 Å². The van der Waals surface area contributed by atoms with Crippen molar-refractivity contribution in [2.45, 2.75) is 50.6 Å². The predicted octanol–water partition coefficient (Wildman–Crippen LogP) is 2.38. The zero-order valence-corrected chi connectivity index (χ0v) is 12.2. The first-order valence-electron chi connectivity index (χ1n) is 7.33. The van der Waals surface area contributed by atoms with Gasteiger partial charge in [-0.2, -0.15) is 0 Å². The third-order valence-corrected chi connectivity index (χ3v) is 4.71. The molecule has 0 spiro atoms. The molecule has 2 unspecified atom stereocenters. The van der Waals surface area contributed by atoms with Crippen LogP contribution in [-0.2, 0) is 9.47 Å². The molecule has 2 aliphatic carbocycles. The molecule has 0 bridgehead atoms. The summed E-state index contributed by atoms with van der Waals surface area (Å²) in [6.07, 6.45) is 6.39. The minimum Gasteiger partial charge on any atom is -0.453 e. The summed E-state index contributed by atoms with van der Waals surface area (Å²) in [6, 6.07) is 0. The van der Waals surface area contributed by atoms with E-state index in [0.29, 0.717) is 5.92 Å². The zero-order chi connectivity index (χ0) is 14.6. The van der Waals surface area contributed by atoms with Gasteiger partial charge in [-0.1, -0.05) is 19.3 Å². The van der Waals surface area contributed by atoms with Crippen LogP contribution >= 0.6 is 0 Å². The van der Waals surface area contributed by atoms with E-state index in [2.05, 4.69) is 10.6 Å². The van der Waals surface area contributed by atoms with E-state index >= 15 is 0 Å². The van der Waals surface area contributed by atoms with Gasteiger partial charge in [0.15, 0.2) is 0 Å². The van der Waals surface area contributed by atoms with E-state index in [1.165, 1.54) is 20.6 Å². The lowest BCUT2D eigenvalue weighted by Crippen LogP contribution is -2.67. The number of carbonyl (C=O) groups is 2. The van der Waals surface area contributed by atoms with Crippen LogP contribution in [-0.4, -0.2) is 32.1 Å². The number of methoxy groups -OCH3 is 2. The van der Waals surface area contributed by atoms with Gasteiger partial charge in [-0.25, -0.2) is 9.59 Å². The molecular formula is C14H24N2O4. The smallest absolute Gasteiger partial charge is 0.408 e. The number of carbonyl (C=O) groups excluding carboxylic acids is 2. The van der Waals surface area contributed by atoms with Crippen LogP contribution in [0.1, 0.15) is 44.9 Å². The standard InChI is InChI=1S/C14H24N2O4/c1-19-12(17)15-14(16-13(18)20-2)9-5-7-10-6-3-4-8-11(10)14/h10-11H,3-9H2,1-2H3,(H,15,17)(H,16,18). The normalized spacial score (nSPS) is 27.9. The first-order chi connectivity index (χ1) is 9.61. The van der Waals surface area contributed by atoms with Crippen molar-refractivity contribution in [1.82, 2.24) is 10.6 Å². The number of ether oxygens (including phenoxy) is 2. The molecule has 0 aliphatic heterocycles. The number of nitrogens with one attached hydrogen (secondary N) is 2. The van der Waals surface area contributed by atoms with E-state index in [1.807, 2.05) is 0 Å². The highest BCUT2D eigenvalue weighted by molar-refractivity contribution is 5.72. The Balaban J connectivity index is 2.22. The summed E-state index contributed by atoms with van der Waals surface area (Å²) in [4.78, 5) is 23.4. The van der Waals surface area contributed by atoms with Crippen LogP contribution in [0.5, 0.6) is 0 Å². The van der Waals surface area contributed by atoms with Crippen molar-refractivity contribution in [3.05, 3.63) is 0 Å².